The van der Waals surface area contributed by atoms with Crippen molar-refractivity contribution in [2.75, 3.05) is 0 Å². The molecule has 6 rings (SSSR count). The van der Waals surface area contributed by atoms with Gasteiger partial charge < -0.3 is 4.42 Å². The summed E-state index contributed by atoms with van der Waals surface area (Å²) in [6.07, 6.45) is 1.92. The Morgan fingerprint density at radius 3 is 2.25 bits per heavy atom. The lowest BCUT2D eigenvalue weighted by Crippen LogP contribution is -1.88. The highest BCUT2D eigenvalue weighted by Gasteiger charge is 2.10. The third-order valence-electron chi connectivity index (χ3n) is 5.60. The van der Waals surface area contributed by atoms with Gasteiger partial charge in [-0.15, -0.1) is 0 Å². The summed E-state index contributed by atoms with van der Waals surface area (Å²) in [5.41, 5.74) is 3.78. The fourth-order valence-electron chi connectivity index (χ4n) is 4.07. The summed E-state index contributed by atoms with van der Waals surface area (Å²) in [5, 5.41) is 4.68. The van der Waals surface area contributed by atoms with E-state index in [1.165, 1.54) is 22.9 Å². The topological polar surface area (TPSA) is 38.4 Å². The van der Waals surface area contributed by atoms with Crippen molar-refractivity contribution < 1.29 is 8.81 Å². The van der Waals surface area contributed by atoms with Crippen molar-refractivity contribution in [2.24, 2.45) is 4.99 Å². The monoisotopic (exact) mass is 416 g/mol. The van der Waals surface area contributed by atoms with Crippen molar-refractivity contribution in [1.82, 2.24) is 4.98 Å². The lowest BCUT2D eigenvalue weighted by atomic mass is 9.97. The first kappa shape index (κ1) is 18.5. The van der Waals surface area contributed by atoms with E-state index in [0.717, 1.165) is 22.0 Å². The van der Waals surface area contributed by atoms with Crippen LogP contribution in [0, 0.1) is 5.82 Å². The minimum Gasteiger partial charge on any atom is -0.436 e. The summed E-state index contributed by atoms with van der Waals surface area (Å²) < 4.78 is 19.4. The second-order valence-corrected chi connectivity index (χ2v) is 7.67. The number of aromatic nitrogens is 1. The number of nitrogens with zero attached hydrogens (tertiary/aromatic N) is 2. The van der Waals surface area contributed by atoms with Crippen LogP contribution in [0.15, 0.2) is 106 Å². The van der Waals surface area contributed by atoms with Gasteiger partial charge in [-0.2, -0.15) is 0 Å². The van der Waals surface area contributed by atoms with Gasteiger partial charge in [-0.25, -0.2) is 9.37 Å². The Hall–Kier alpha value is -4.31. The maximum atomic E-state index is 13.6. The highest BCUT2D eigenvalue weighted by molar-refractivity contribution is 6.13. The summed E-state index contributed by atoms with van der Waals surface area (Å²) in [6.45, 7) is 0. The Balaban J connectivity index is 1.44. The van der Waals surface area contributed by atoms with Gasteiger partial charge in [-0.3, -0.25) is 4.99 Å². The molecule has 5 aromatic carbocycles. The van der Waals surface area contributed by atoms with Crippen molar-refractivity contribution in [1.29, 1.82) is 0 Å². The molecule has 0 saturated carbocycles. The Morgan fingerprint density at radius 1 is 0.750 bits per heavy atom. The van der Waals surface area contributed by atoms with Crippen LogP contribution in [0.3, 0.4) is 0 Å². The highest BCUT2D eigenvalue weighted by Crippen LogP contribution is 2.30. The van der Waals surface area contributed by atoms with Gasteiger partial charge >= 0.3 is 0 Å². The molecule has 0 aliphatic heterocycles. The van der Waals surface area contributed by atoms with Gasteiger partial charge in [0.1, 0.15) is 11.3 Å². The zero-order valence-corrected chi connectivity index (χ0v) is 17.0. The predicted molar refractivity (Wildman–Crippen MR) is 128 cm³/mol. The van der Waals surface area contributed by atoms with Gasteiger partial charge in [0.05, 0.1) is 5.69 Å². The van der Waals surface area contributed by atoms with Crippen molar-refractivity contribution >= 4 is 44.5 Å². The van der Waals surface area contributed by atoms with Crippen LogP contribution in [0.2, 0.25) is 0 Å². The standard InChI is InChI=1S/C28H17FN2O/c29-21-9-5-8-20(15-21)28-31-26-16-22(12-13-27(26)32-28)30-17-25-23-10-3-1-6-18(23)14-19-7-2-4-11-24(19)25/h1-17H. The molecule has 0 spiro atoms. The van der Waals surface area contributed by atoms with E-state index in [0.29, 0.717) is 22.6 Å². The molecular weight excluding hydrogens is 399 g/mol. The van der Waals surface area contributed by atoms with E-state index in [-0.39, 0.29) is 5.82 Å². The first-order valence-electron chi connectivity index (χ1n) is 10.4. The summed E-state index contributed by atoms with van der Waals surface area (Å²) in [6, 6.07) is 30.7. The molecule has 0 atom stereocenters. The van der Waals surface area contributed by atoms with Crippen LogP contribution in [0.1, 0.15) is 5.56 Å². The minimum absolute atomic E-state index is 0.322. The first-order chi connectivity index (χ1) is 15.7. The van der Waals surface area contributed by atoms with E-state index in [2.05, 4.69) is 35.3 Å². The molecule has 1 heterocycles. The first-order valence-corrected chi connectivity index (χ1v) is 10.4. The molecular formula is C28H17FN2O. The normalized spacial score (nSPS) is 11.8. The van der Waals surface area contributed by atoms with Crippen molar-refractivity contribution in [3.63, 3.8) is 0 Å². The zero-order valence-electron chi connectivity index (χ0n) is 17.0. The molecule has 0 amide bonds. The third kappa shape index (κ3) is 3.22. The Bertz CT molecular complexity index is 1590. The molecule has 0 bridgehead atoms. The largest absolute Gasteiger partial charge is 0.436 e. The van der Waals surface area contributed by atoms with E-state index in [1.54, 1.807) is 12.1 Å². The number of rotatable bonds is 3. The van der Waals surface area contributed by atoms with Crippen molar-refractivity contribution in [3.05, 3.63) is 108 Å². The summed E-state index contributed by atoms with van der Waals surface area (Å²) >= 11 is 0. The number of aliphatic imine (C=N–C) groups is 1. The molecule has 0 fully saturated rings. The van der Waals surface area contributed by atoms with Gasteiger partial charge in [0, 0.05) is 17.3 Å². The van der Waals surface area contributed by atoms with Crippen molar-refractivity contribution in [3.8, 4) is 11.5 Å². The van der Waals surface area contributed by atoms with E-state index in [4.69, 9.17) is 9.41 Å². The van der Waals surface area contributed by atoms with Gasteiger partial charge in [0.2, 0.25) is 5.89 Å². The average Bonchev–Trinajstić information content (AvgIpc) is 3.25. The van der Waals surface area contributed by atoms with Crippen LogP contribution >= 0.6 is 0 Å². The molecule has 1 aromatic heterocycles. The summed E-state index contributed by atoms with van der Waals surface area (Å²) in [4.78, 5) is 9.29. The van der Waals surface area contributed by atoms with Crippen LogP contribution in [-0.2, 0) is 0 Å². The molecule has 0 aliphatic carbocycles. The SMILES string of the molecule is Fc1cccc(-c2nc3cc(N=Cc4c5ccccc5cc5ccccc45)ccc3o2)c1. The molecule has 0 aliphatic rings. The van der Waals surface area contributed by atoms with Crippen LogP contribution in [0.25, 0.3) is 44.1 Å². The zero-order chi connectivity index (χ0) is 21.5. The van der Waals surface area contributed by atoms with Crippen LogP contribution in [-0.4, -0.2) is 11.2 Å². The van der Waals surface area contributed by atoms with Crippen LogP contribution in [0.4, 0.5) is 10.1 Å². The van der Waals surface area contributed by atoms with E-state index < -0.39 is 0 Å². The Kier molecular flexibility index (Phi) is 4.29. The molecule has 0 N–H and O–H groups in total. The second kappa shape index (κ2) is 7.43. The molecule has 3 nitrogen and oxygen atoms in total. The number of hydrogen-bond donors (Lipinski definition) is 0. The van der Waals surface area contributed by atoms with Crippen LogP contribution in [0.5, 0.6) is 0 Å². The lowest BCUT2D eigenvalue weighted by Gasteiger charge is -2.07. The molecule has 4 heteroatoms. The quantitative estimate of drug-likeness (QED) is 0.219. The molecule has 0 saturated heterocycles. The number of hydrogen-bond acceptors (Lipinski definition) is 3. The van der Waals surface area contributed by atoms with E-state index in [9.17, 15) is 4.39 Å². The fraction of sp³-hybridized carbons (Fsp3) is 0. The average molecular weight is 416 g/mol. The Labute approximate surface area is 183 Å². The van der Waals surface area contributed by atoms with Crippen molar-refractivity contribution in [2.45, 2.75) is 0 Å². The van der Waals surface area contributed by atoms with Gasteiger partial charge in [-0.1, -0.05) is 54.6 Å². The Morgan fingerprint density at radius 2 is 1.50 bits per heavy atom. The molecule has 32 heavy (non-hydrogen) atoms. The number of benzene rings is 5. The number of oxazole rings is 1. The second-order valence-electron chi connectivity index (χ2n) is 7.67. The smallest absolute Gasteiger partial charge is 0.227 e. The summed E-state index contributed by atoms with van der Waals surface area (Å²) in [7, 11) is 0. The van der Waals surface area contributed by atoms with Gasteiger partial charge in [0.25, 0.3) is 0 Å². The minimum atomic E-state index is -0.322. The van der Waals surface area contributed by atoms with Gasteiger partial charge in [0.15, 0.2) is 5.58 Å². The maximum Gasteiger partial charge on any atom is 0.227 e. The molecule has 6 aromatic rings. The number of halogens is 1. The molecule has 152 valence electrons. The fourth-order valence-corrected chi connectivity index (χ4v) is 4.07. The highest BCUT2D eigenvalue weighted by atomic mass is 19.1. The van der Waals surface area contributed by atoms with E-state index in [1.807, 2.05) is 48.7 Å². The van der Waals surface area contributed by atoms with E-state index >= 15 is 0 Å². The third-order valence-corrected chi connectivity index (χ3v) is 5.60. The lowest BCUT2D eigenvalue weighted by molar-refractivity contribution is 0.611. The van der Waals surface area contributed by atoms with Crippen LogP contribution < -0.4 is 0 Å². The number of fused-ring (bicyclic) bond motifs is 3. The van der Waals surface area contributed by atoms with Gasteiger partial charge in [-0.05, 0) is 64.0 Å². The maximum absolute atomic E-state index is 13.6. The summed E-state index contributed by atoms with van der Waals surface area (Å²) in [5.74, 6) is 0.0676. The molecule has 0 radical (unpaired) electrons. The molecule has 0 unspecified atom stereocenters. The predicted octanol–water partition coefficient (Wildman–Crippen LogP) is 7.69.